The van der Waals surface area contributed by atoms with Gasteiger partial charge < -0.3 is 14.8 Å². The number of H-pyrrole nitrogens is 1. The summed E-state index contributed by atoms with van der Waals surface area (Å²) in [5, 5.41) is 10.6. The van der Waals surface area contributed by atoms with E-state index in [2.05, 4.69) is 4.98 Å². The van der Waals surface area contributed by atoms with Crippen molar-refractivity contribution in [2.75, 3.05) is 7.11 Å². The second kappa shape index (κ2) is 6.03. The van der Waals surface area contributed by atoms with Crippen LogP contribution in [0, 0.1) is 0 Å². The van der Waals surface area contributed by atoms with Gasteiger partial charge in [0.25, 0.3) is 0 Å². The number of hydrogen-bond donors (Lipinski definition) is 2. The van der Waals surface area contributed by atoms with Crippen LogP contribution in [0.2, 0.25) is 10.0 Å². The molecule has 1 aromatic carbocycles. The fourth-order valence-electron chi connectivity index (χ4n) is 1.72. The molecule has 6 heteroatoms. The molecule has 0 amide bonds. The number of aromatic amines is 1. The number of benzene rings is 1. The van der Waals surface area contributed by atoms with Gasteiger partial charge in [0, 0.05) is 16.6 Å². The lowest BCUT2D eigenvalue weighted by Gasteiger charge is -1.96. The summed E-state index contributed by atoms with van der Waals surface area (Å²) >= 11 is 12.0. The summed E-state index contributed by atoms with van der Waals surface area (Å²) in [5.74, 6) is -1.26. The van der Waals surface area contributed by atoms with Crippen LogP contribution in [0.5, 0.6) is 0 Å². The zero-order valence-electron chi connectivity index (χ0n) is 10.5. The number of aliphatic carboxylic acids is 1. The van der Waals surface area contributed by atoms with Gasteiger partial charge in [-0.05, 0) is 30.4 Å². The largest absolute Gasteiger partial charge is 0.490 e. The fraction of sp³-hybridized carbons (Fsp3) is 0.0714. The Kier molecular flexibility index (Phi) is 4.37. The number of rotatable bonds is 4. The predicted octanol–water partition coefficient (Wildman–Crippen LogP) is 4.10. The molecule has 20 heavy (non-hydrogen) atoms. The van der Waals surface area contributed by atoms with Gasteiger partial charge in [-0.3, -0.25) is 0 Å². The lowest BCUT2D eigenvalue weighted by atomic mass is 10.2. The van der Waals surface area contributed by atoms with Crippen molar-refractivity contribution < 1.29 is 14.6 Å². The molecular formula is C14H11Cl2NO3. The lowest BCUT2D eigenvalue weighted by molar-refractivity contribution is -0.136. The molecule has 0 aliphatic heterocycles. The topological polar surface area (TPSA) is 62.3 Å². The molecule has 0 fully saturated rings. The van der Waals surface area contributed by atoms with Crippen molar-refractivity contribution in [3.63, 3.8) is 0 Å². The third-order valence-electron chi connectivity index (χ3n) is 2.67. The predicted molar refractivity (Wildman–Crippen MR) is 80.1 cm³/mol. The third kappa shape index (κ3) is 2.98. The number of ether oxygens (including phenoxy) is 1. The van der Waals surface area contributed by atoms with Crippen molar-refractivity contribution in [3.05, 3.63) is 51.8 Å². The van der Waals surface area contributed by atoms with Gasteiger partial charge >= 0.3 is 5.97 Å². The maximum absolute atomic E-state index is 10.7. The smallest absolute Gasteiger partial charge is 0.371 e. The minimum Gasteiger partial charge on any atom is -0.490 e. The van der Waals surface area contributed by atoms with Gasteiger partial charge in [-0.1, -0.05) is 29.3 Å². The van der Waals surface area contributed by atoms with E-state index in [4.69, 9.17) is 33.0 Å². The van der Waals surface area contributed by atoms with E-state index in [1.54, 1.807) is 18.2 Å². The van der Waals surface area contributed by atoms with Gasteiger partial charge in [0.05, 0.1) is 17.2 Å². The first-order valence-electron chi connectivity index (χ1n) is 5.65. The standard InChI is InChI=1S/C14H11Cl2NO3/c1-20-12(14(18)19)4-2-3-8-7-9-11(17-8)6-5-10(15)13(9)16/h2-7,17H,1H3,(H,18,19)/b3-2+,12-4+. The van der Waals surface area contributed by atoms with Crippen molar-refractivity contribution >= 4 is 46.2 Å². The van der Waals surface area contributed by atoms with E-state index in [9.17, 15) is 4.79 Å². The fourth-order valence-corrected chi connectivity index (χ4v) is 2.10. The molecule has 0 saturated heterocycles. The Labute approximate surface area is 125 Å². The quantitative estimate of drug-likeness (QED) is 0.507. The van der Waals surface area contributed by atoms with Gasteiger partial charge in [0.2, 0.25) is 5.76 Å². The number of nitrogens with one attached hydrogen (secondary N) is 1. The zero-order valence-corrected chi connectivity index (χ0v) is 12.0. The number of carbonyl (C=O) groups is 1. The highest BCUT2D eigenvalue weighted by atomic mass is 35.5. The lowest BCUT2D eigenvalue weighted by Crippen LogP contribution is -2.01. The second-order valence-electron chi connectivity index (χ2n) is 3.95. The molecule has 0 aliphatic rings. The van der Waals surface area contributed by atoms with Crippen LogP contribution < -0.4 is 0 Å². The molecule has 104 valence electrons. The number of fused-ring (bicyclic) bond motifs is 1. The molecule has 2 N–H and O–H groups in total. The number of allylic oxidation sites excluding steroid dienone is 2. The molecule has 0 saturated carbocycles. The van der Waals surface area contributed by atoms with Crippen molar-refractivity contribution in [3.8, 4) is 0 Å². The number of hydrogen-bond acceptors (Lipinski definition) is 2. The summed E-state index contributed by atoms with van der Waals surface area (Å²) in [6, 6.07) is 5.37. The average molecular weight is 312 g/mol. The minimum absolute atomic E-state index is 0.140. The SMILES string of the molecule is CO/C(=C/C=C/c1cc2c(Cl)c(Cl)ccc2[nH]1)C(=O)O. The highest BCUT2D eigenvalue weighted by molar-refractivity contribution is 6.45. The van der Waals surface area contributed by atoms with E-state index in [-0.39, 0.29) is 5.76 Å². The maximum Gasteiger partial charge on any atom is 0.371 e. The molecule has 0 unspecified atom stereocenters. The summed E-state index contributed by atoms with van der Waals surface area (Å²) in [5.41, 5.74) is 1.63. The Balaban J connectivity index is 2.31. The Morgan fingerprint density at radius 2 is 2.15 bits per heavy atom. The number of halogens is 2. The first-order chi connectivity index (χ1) is 9.52. The Morgan fingerprint density at radius 3 is 2.80 bits per heavy atom. The monoisotopic (exact) mass is 311 g/mol. The van der Waals surface area contributed by atoms with Crippen LogP contribution in [0.4, 0.5) is 0 Å². The van der Waals surface area contributed by atoms with Crippen LogP contribution in [0.25, 0.3) is 17.0 Å². The first kappa shape index (κ1) is 14.5. The molecule has 0 radical (unpaired) electrons. The van der Waals surface area contributed by atoms with Gasteiger partial charge in [-0.15, -0.1) is 0 Å². The van der Waals surface area contributed by atoms with Crippen LogP contribution >= 0.6 is 23.2 Å². The normalized spacial score (nSPS) is 12.2. The summed E-state index contributed by atoms with van der Waals surface area (Å²) in [6.45, 7) is 0. The first-order valence-corrected chi connectivity index (χ1v) is 6.41. The van der Waals surface area contributed by atoms with Crippen molar-refractivity contribution in [2.24, 2.45) is 0 Å². The van der Waals surface area contributed by atoms with Crippen molar-refractivity contribution in [1.82, 2.24) is 4.98 Å². The van der Waals surface area contributed by atoms with E-state index < -0.39 is 5.97 Å². The second-order valence-corrected chi connectivity index (χ2v) is 4.73. The number of aromatic nitrogens is 1. The van der Waals surface area contributed by atoms with Gasteiger partial charge in [-0.2, -0.15) is 0 Å². The average Bonchev–Trinajstić information content (AvgIpc) is 2.82. The highest BCUT2D eigenvalue weighted by Gasteiger charge is 2.06. The van der Waals surface area contributed by atoms with E-state index in [0.29, 0.717) is 10.0 Å². The Hall–Kier alpha value is -1.91. The van der Waals surface area contributed by atoms with E-state index >= 15 is 0 Å². The summed E-state index contributed by atoms with van der Waals surface area (Å²) in [4.78, 5) is 13.9. The van der Waals surface area contributed by atoms with Crippen molar-refractivity contribution in [2.45, 2.75) is 0 Å². The van der Waals surface area contributed by atoms with Crippen LogP contribution in [-0.4, -0.2) is 23.2 Å². The van der Waals surface area contributed by atoms with Crippen LogP contribution in [0.15, 0.2) is 36.1 Å². The molecule has 0 aliphatic carbocycles. The van der Waals surface area contributed by atoms with Crippen LogP contribution in [0.3, 0.4) is 0 Å². The van der Waals surface area contributed by atoms with Crippen LogP contribution in [0.1, 0.15) is 5.69 Å². The summed E-state index contributed by atoms with van der Waals surface area (Å²) in [6.07, 6.45) is 4.65. The van der Waals surface area contributed by atoms with Gasteiger partial charge in [0.15, 0.2) is 0 Å². The van der Waals surface area contributed by atoms with E-state index in [1.807, 2.05) is 12.1 Å². The minimum atomic E-state index is -1.12. The number of carboxylic acids is 1. The summed E-state index contributed by atoms with van der Waals surface area (Å²) < 4.78 is 4.71. The van der Waals surface area contributed by atoms with E-state index in [0.717, 1.165) is 16.6 Å². The molecule has 4 nitrogen and oxygen atoms in total. The van der Waals surface area contributed by atoms with Crippen LogP contribution in [-0.2, 0) is 9.53 Å². The third-order valence-corrected chi connectivity index (χ3v) is 3.48. The van der Waals surface area contributed by atoms with E-state index in [1.165, 1.54) is 13.2 Å². The Morgan fingerprint density at radius 1 is 1.40 bits per heavy atom. The Bertz CT molecular complexity index is 717. The number of methoxy groups -OCH3 is 1. The maximum atomic E-state index is 10.7. The molecular weight excluding hydrogens is 301 g/mol. The number of carboxylic acid groups (broad SMARTS) is 1. The molecule has 0 atom stereocenters. The molecule has 2 rings (SSSR count). The van der Waals surface area contributed by atoms with Gasteiger partial charge in [-0.25, -0.2) is 4.79 Å². The molecule has 2 aromatic rings. The molecule has 1 aromatic heterocycles. The van der Waals surface area contributed by atoms with Crippen molar-refractivity contribution in [1.29, 1.82) is 0 Å². The van der Waals surface area contributed by atoms with Gasteiger partial charge in [0.1, 0.15) is 0 Å². The molecule has 0 spiro atoms. The summed E-state index contributed by atoms with van der Waals surface area (Å²) in [7, 11) is 1.30. The highest BCUT2D eigenvalue weighted by Crippen LogP contribution is 2.31. The molecule has 1 heterocycles. The molecule has 0 bridgehead atoms. The zero-order chi connectivity index (χ0) is 14.7.